The molecule has 0 aromatic carbocycles. The van der Waals surface area contributed by atoms with Crippen molar-refractivity contribution in [1.29, 1.82) is 0 Å². The molecule has 0 atom stereocenters. The maximum atomic E-state index is 11.7. The first-order valence-electron chi connectivity index (χ1n) is 4.87. The summed E-state index contributed by atoms with van der Waals surface area (Å²) in [5, 5.41) is 3.94. The topological polar surface area (TPSA) is 65.1 Å². The average Bonchev–Trinajstić information content (AvgIpc) is 2.87. The Hall–Kier alpha value is -1.69. The fraction of sp³-hybridized carbons (Fsp3) is 0.182. The van der Waals surface area contributed by atoms with Gasteiger partial charge in [-0.05, 0) is 34.1 Å². The molecule has 2 aromatic rings. The van der Waals surface area contributed by atoms with E-state index in [0.717, 1.165) is 0 Å². The molecule has 2 rings (SSSR count). The lowest BCUT2D eigenvalue weighted by Gasteiger charge is -1.95. The van der Waals surface area contributed by atoms with Gasteiger partial charge in [-0.25, -0.2) is 0 Å². The molecule has 0 aliphatic carbocycles. The molecule has 6 heteroatoms. The number of hydrogen-bond donors (Lipinski definition) is 0. The summed E-state index contributed by atoms with van der Waals surface area (Å²) in [7, 11) is 1.71. The zero-order chi connectivity index (χ0) is 12.4. The molecule has 0 N–H and O–H groups in total. The van der Waals surface area contributed by atoms with E-state index in [1.165, 1.54) is 10.7 Å². The van der Waals surface area contributed by atoms with Gasteiger partial charge in [0, 0.05) is 13.2 Å². The van der Waals surface area contributed by atoms with E-state index < -0.39 is 0 Å². The lowest BCUT2D eigenvalue weighted by molar-refractivity contribution is 0.0874. The highest BCUT2D eigenvalue weighted by Gasteiger charge is 2.18. The van der Waals surface area contributed by atoms with Crippen molar-refractivity contribution in [1.82, 2.24) is 9.78 Å². The summed E-state index contributed by atoms with van der Waals surface area (Å²) in [6.45, 7) is 0. The first-order chi connectivity index (χ1) is 8.06. The molecule has 88 valence electrons. The number of Topliss-reactive ketones (excluding diaryl/α,β-unsaturated/α-hetero) is 2. The molecule has 0 aliphatic heterocycles. The van der Waals surface area contributed by atoms with Crippen molar-refractivity contribution >= 4 is 27.5 Å². The molecule has 0 fully saturated rings. The van der Waals surface area contributed by atoms with Gasteiger partial charge in [0.25, 0.3) is 0 Å². The second-order valence-corrected chi connectivity index (χ2v) is 4.28. The maximum Gasteiger partial charge on any atom is 0.205 e. The Morgan fingerprint density at radius 1 is 1.35 bits per heavy atom. The number of nitrogens with zero attached hydrogens (tertiary/aromatic N) is 2. The number of rotatable bonds is 4. The minimum absolute atomic E-state index is 0.168. The minimum Gasteiger partial charge on any atom is -0.446 e. The Morgan fingerprint density at radius 2 is 2.12 bits per heavy atom. The normalized spacial score (nSPS) is 10.5. The van der Waals surface area contributed by atoms with Gasteiger partial charge in [-0.3, -0.25) is 14.3 Å². The molecule has 2 aromatic heterocycles. The van der Waals surface area contributed by atoms with E-state index in [2.05, 4.69) is 21.0 Å². The average molecular weight is 297 g/mol. The highest BCUT2D eigenvalue weighted by molar-refractivity contribution is 9.10. The van der Waals surface area contributed by atoms with Crippen LogP contribution in [0.15, 0.2) is 33.5 Å². The summed E-state index contributed by atoms with van der Waals surface area (Å²) in [4.78, 5) is 23.4. The van der Waals surface area contributed by atoms with Gasteiger partial charge >= 0.3 is 0 Å². The van der Waals surface area contributed by atoms with Crippen molar-refractivity contribution in [2.75, 3.05) is 0 Å². The standard InChI is InChI=1S/C11H9BrN2O3/c1-14-5-4-7(13-14)8(15)6-9(16)10-2-3-11(12)17-10/h2-5H,6H2,1H3. The molecular formula is C11H9BrN2O3. The van der Waals surface area contributed by atoms with E-state index >= 15 is 0 Å². The zero-order valence-corrected chi connectivity index (χ0v) is 10.6. The summed E-state index contributed by atoms with van der Waals surface area (Å²) in [5.74, 6) is -0.504. The smallest absolute Gasteiger partial charge is 0.205 e. The summed E-state index contributed by atoms with van der Waals surface area (Å²) < 4.78 is 7.06. The molecule has 0 aliphatic rings. The van der Waals surface area contributed by atoms with E-state index in [0.29, 0.717) is 4.67 Å². The molecule has 0 saturated carbocycles. The fourth-order valence-electron chi connectivity index (χ4n) is 1.35. The number of carbonyl (C=O) groups excluding carboxylic acids is 2. The minimum atomic E-state index is -0.355. The Morgan fingerprint density at radius 3 is 2.65 bits per heavy atom. The van der Waals surface area contributed by atoms with Crippen LogP contribution in [-0.4, -0.2) is 21.3 Å². The Bertz CT molecular complexity index is 521. The van der Waals surface area contributed by atoms with Gasteiger partial charge in [-0.1, -0.05) is 0 Å². The Balaban J connectivity index is 2.07. The van der Waals surface area contributed by atoms with Gasteiger partial charge in [0.1, 0.15) is 5.69 Å². The monoisotopic (exact) mass is 296 g/mol. The summed E-state index contributed by atoms with van der Waals surface area (Å²) in [6.07, 6.45) is 1.41. The molecule has 2 heterocycles. The van der Waals surface area contributed by atoms with Crippen LogP contribution in [0.1, 0.15) is 27.5 Å². The van der Waals surface area contributed by atoms with Gasteiger partial charge in [0.15, 0.2) is 16.2 Å². The van der Waals surface area contributed by atoms with Crippen molar-refractivity contribution in [3.05, 3.63) is 40.5 Å². The predicted molar refractivity (Wildman–Crippen MR) is 62.9 cm³/mol. The van der Waals surface area contributed by atoms with Gasteiger partial charge in [0.05, 0.1) is 6.42 Å². The molecule has 0 radical (unpaired) electrons. The molecule has 0 spiro atoms. The van der Waals surface area contributed by atoms with Crippen molar-refractivity contribution in [2.24, 2.45) is 7.05 Å². The van der Waals surface area contributed by atoms with E-state index in [9.17, 15) is 9.59 Å². The van der Waals surface area contributed by atoms with Crippen molar-refractivity contribution in [3.63, 3.8) is 0 Å². The SMILES string of the molecule is Cn1ccc(C(=O)CC(=O)c2ccc(Br)o2)n1. The van der Waals surface area contributed by atoms with E-state index in [1.54, 1.807) is 25.4 Å². The molecular weight excluding hydrogens is 288 g/mol. The molecule has 0 saturated heterocycles. The number of aryl methyl sites for hydroxylation is 1. The lowest BCUT2D eigenvalue weighted by atomic mass is 10.1. The molecule has 0 unspecified atom stereocenters. The number of aromatic nitrogens is 2. The second kappa shape index (κ2) is 4.67. The quantitative estimate of drug-likeness (QED) is 0.641. The van der Waals surface area contributed by atoms with Crippen LogP contribution in [0, 0.1) is 0 Å². The van der Waals surface area contributed by atoms with E-state index in [-0.39, 0.29) is 29.4 Å². The highest BCUT2D eigenvalue weighted by Crippen LogP contribution is 2.16. The predicted octanol–water partition coefficient (Wildman–Crippen LogP) is 2.23. The highest BCUT2D eigenvalue weighted by atomic mass is 79.9. The summed E-state index contributed by atoms with van der Waals surface area (Å²) >= 11 is 3.10. The Labute approximate surface area is 106 Å². The van der Waals surface area contributed by atoms with Crippen molar-refractivity contribution < 1.29 is 14.0 Å². The van der Waals surface area contributed by atoms with Crippen LogP contribution in [0.4, 0.5) is 0 Å². The van der Waals surface area contributed by atoms with Crippen molar-refractivity contribution in [2.45, 2.75) is 6.42 Å². The number of halogens is 1. The molecule has 0 amide bonds. The number of carbonyl (C=O) groups is 2. The number of furan rings is 1. The molecule has 17 heavy (non-hydrogen) atoms. The Kier molecular flexibility index (Phi) is 3.23. The third kappa shape index (κ3) is 2.71. The molecule has 5 nitrogen and oxygen atoms in total. The summed E-state index contributed by atoms with van der Waals surface area (Å²) in [6, 6.07) is 4.71. The zero-order valence-electron chi connectivity index (χ0n) is 9.01. The third-order valence-electron chi connectivity index (χ3n) is 2.17. The maximum absolute atomic E-state index is 11.7. The van der Waals surface area contributed by atoms with Crippen LogP contribution in [0.25, 0.3) is 0 Å². The van der Waals surface area contributed by atoms with Crippen molar-refractivity contribution in [3.8, 4) is 0 Å². The number of hydrogen-bond acceptors (Lipinski definition) is 4. The fourth-order valence-corrected chi connectivity index (χ4v) is 1.66. The largest absolute Gasteiger partial charge is 0.446 e. The van der Waals surface area contributed by atoms with Gasteiger partial charge < -0.3 is 4.42 Å². The number of ketones is 2. The van der Waals surface area contributed by atoms with Gasteiger partial charge in [-0.2, -0.15) is 5.10 Å². The van der Waals surface area contributed by atoms with E-state index in [1.807, 2.05) is 0 Å². The molecule has 0 bridgehead atoms. The first-order valence-corrected chi connectivity index (χ1v) is 5.67. The second-order valence-electron chi connectivity index (χ2n) is 3.50. The van der Waals surface area contributed by atoms with Crippen LogP contribution >= 0.6 is 15.9 Å². The van der Waals surface area contributed by atoms with Gasteiger partial charge in [0.2, 0.25) is 5.78 Å². The van der Waals surface area contributed by atoms with Gasteiger partial charge in [-0.15, -0.1) is 0 Å². The van der Waals surface area contributed by atoms with Crippen LogP contribution in [0.5, 0.6) is 0 Å². The lowest BCUT2D eigenvalue weighted by Crippen LogP contribution is -2.09. The van der Waals surface area contributed by atoms with Crippen LogP contribution in [0.2, 0.25) is 0 Å². The van der Waals surface area contributed by atoms with Crippen LogP contribution < -0.4 is 0 Å². The van der Waals surface area contributed by atoms with Crippen LogP contribution in [0.3, 0.4) is 0 Å². The van der Waals surface area contributed by atoms with Crippen LogP contribution in [-0.2, 0) is 7.05 Å². The summed E-state index contributed by atoms with van der Waals surface area (Å²) in [5.41, 5.74) is 0.284. The first kappa shape index (κ1) is 11.8. The third-order valence-corrected chi connectivity index (χ3v) is 2.59. The van der Waals surface area contributed by atoms with E-state index in [4.69, 9.17) is 4.42 Å².